The molecule has 0 fully saturated rings. The van der Waals surface area contributed by atoms with Crippen molar-refractivity contribution in [2.24, 2.45) is 0 Å². The number of nitrogens with zero attached hydrogens (tertiary/aromatic N) is 4. The minimum atomic E-state index is -4.00. The molecule has 4 aromatic rings. The molecule has 13 heteroatoms. The molecular formula is C26H21ClFN5O5S. The maximum Gasteiger partial charge on any atom is 0.263 e. The van der Waals surface area contributed by atoms with Gasteiger partial charge < -0.3 is 9.47 Å². The van der Waals surface area contributed by atoms with E-state index in [2.05, 4.69) is 19.7 Å². The van der Waals surface area contributed by atoms with Crippen molar-refractivity contribution in [2.45, 2.75) is 17.5 Å². The van der Waals surface area contributed by atoms with Crippen molar-refractivity contribution in [3.8, 4) is 5.88 Å². The number of anilines is 1. The molecule has 1 aliphatic rings. The van der Waals surface area contributed by atoms with E-state index in [1.165, 1.54) is 80.0 Å². The molecule has 0 aliphatic heterocycles. The molecule has 1 atom stereocenters. The van der Waals surface area contributed by atoms with E-state index >= 15 is 4.39 Å². The lowest BCUT2D eigenvalue weighted by Crippen LogP contribution is -2.24. The highest BCUT2D eigenvalue weighted by atomic mass is 35.5. The van der Waals surface area contributed by atoms with Crippen LogP contribution in [-0.2, 0) is 14.8 Å². The summed E-state index contributed by atoms with van der Waals surface area (Å²) < 4.78 is 55.7. The number of hydrogen-bond donors (Lipinski definition) is 1. The number of benzene rings is 1. The molecule has 0 radical (unpaired) electrons. The topological polar surface area (TPSA) is 125 Å². The van der Waals surface area contributed by atoms with Gasteiger partial charge in [0.1, 0.15) is 17.0 Å². The van der Waals surface area contributed by atoms with Crippen LogP contribution in [-0.4, -0.2) is 48.3 Å². The van der Waals surface area contributed by atoms with E-state index in [4.69, 9.17) is 21.1 Å². The highest BCUT2D eigenvalue weighted by Gasteiger charge is 2.28. The Morgan fingerprint density at radius 2 is 1.90 bits per heavy atom. The maximum absolute atomic E-state index is 15.6. The molecule has 0 amide bonds. The molecule has 0 saturated heterocycles. The molecule has 1 N–H and O–H groups in total. The van der Waals surface area contributed by atoms with Crippen LogP contribution in [0.2, 0.25) is 5.02 Å². The van der Waals surface area contributed by atoms with E-state index in [9.17, 15) is 13.2 Å². The highest BCUT2D eigenvalue weighted by Crippen LogP contribution is 2.37. The van der Waals surface area contributed by atoms with Crippen LogP contribution in [0.1, 0.15) is 12.0 Å². The van der Waals surface area contributed by atoms with E-state index in [-0.39, 0.29) is 45.1 Å². The van der Waals surface area contributed by atoms with Gasteiger partial charge in [0.2, 0.25) is 5.88 Å². The van der Waals surface area contributed by atoms with Crippen LogP contribution in [0.3, 0.4) is 0 Å². The van der Waals surface area contributed by atoms with Crippen LogP contribution in [0.15, 0.2) is 82.7 Å². The molecule has 39 heavy (non-hydrogen) atoms. The molecule has 0 bridgehead atoms. The average Bonchev–Trinajstić information content (AvgIpc) is 2.93. The van der Waals surface area contributed by atoms with Gasteiger partial charge in [0.25, 0.3) is 15.6 Å². The van der Waals surface area contributed by atoms with Gasteiger partial charge >= 0.3 is 0 Å². The van der Waals surface area contributed by atoms with Crippen LogP contribution in [0.5, 0.6) is 5.88 Å². The van der Waals surface area contributed by atoms with Crippen molar-refractivity contribution in [1.29, 1.82) is 0 Å². The summed E-state index contributed by atoms with van der Waals surface area (Å²) in [7, 11) is -1.15. The van der Waals surface area contributed by atoms with Gasteiger partial charge in [-0.2, -0.15) is 0 Å². The molecule has 1 aromatic carbocycles. The first-order chi connectivity index (χ1) is 18.7. The monoisotopic (exact) mass is 569 g/mol. The van der Waals surface area contributed by atoms with Gasteiger partial charge in [0, 0.05) is 42.0 Å². The summed E-state index contributed by atoms with van der Waals surface area (Å²) in [6.45, 7) is 0. The second-order valence-electron chi connectivity index (χ2n) is 8.43. The molecular weight excluding hydrogens is 549 g/mol. The molecule has 3 aromatic heterocycles. The quantitative estimate of drug-likeness (QED) is 0.349. The van der Waals surface area contributed by atoms with Gasteiger partial charge in [0.15, 0.2) is 5.82 Å². The van der Waals surface area contributed by atoms with Crippen molar-refractivity contribution in [3.05, 3.63) is 94.0 Å². The number of nitrogens with one attached hydrogen (secondary N) is 1. The number of allylic oxidation sites excluding steroid dienone is 3. The number of rotatable bonds is 7. The van der Waals surface area contributed by atoms with E-state index in [1.807, 2.05) is 0 Å². The summed E-state index contributed by atoms with van der Waals surface area (Å²) in [5, 5.41) is 0.664. The summed E-state index contributed by atoms with van der Waals surface area (Å²) in [6, 6.07) is 8.59. The zero-order chi connectivity index (χ0) is 27.7. The van der Waals surface area contributed by atoms with E-state index in [0.717, 1.165) is 0 Å². The first kappa shape index (κ1) is 26.3. The SMILES string of the molecule is COC1=C(n2c(=O)ccc3cc(S(=O)(=O)Nc4cnccn4)ccc32)C[C@@H](F)C(c2cnc(OC)c(Cl)c2)=C1. The Labute approximate surface area is 227 Å². The maximum atomic E-state index is 15.6. The molecule has 0 saturated carbocycles. The normalized spacial score (nSPS) is 15.7. The van der Waals surface area contributed by atoms with Crippen molar-refractivity contribution >= 4 is 49.6 Å². The van der Waals surface area contributed by atoms with Gasteiger partial charge in [-0.15, -0.1) is 0 Å². The van der Waals surface area contributed by atoms with Crippen molar-refractivity contribution in [3.63, 3.8) is 0 Å². The summed E-state index contributed by atoms with van der Waals surface area (Å²) in [4.78, 5) is 24.9. The van der Waals surface area contributed by atoms with Crippen LogP contribution in [0.4, 0.5) is 10.2 Å². The van der Waals surface area contributed by atoms with Crippen molar-refractivity contribution < 1.29 is 22.3 Å². The highest BCUT2D eigenvalue weighted by molar-refractivity contribution is 7.92. The first-order valence-electron chi connectivity index (χ1n) is 11.5. The molecule has 10 nitrogen and oxygen atoms in total. The number of ether oxygens (including phenoxy) is 2. The van der Waals surface area contributed by atoms with E-state index in [0.29, 0.717) is 16.5 Å². The Morgan fingerprint density at radius 1 is 1.08 bits per heavy atom. The number of alkyl halides is 1. The number of hydrogen-bond acceptors (Lipinski definition) is 8. The van der Waals surface area contributed by atoms with Crippen LogP contribution in [0, 0.1) is 0 Å². The lowest BCUT2D eigenvalue weighted by atomic mass is 9.93. The zero-order valence-electron chi connectivity index (χ0n) is 20.6. The third-order valence-electron chi connectivity index (χ3n) is 6.08. The van der Waals surface area contributed by atoms with Gasteiger partial charge in [-0.05, 0) is 42.0 Å². The van der Waals surface area contributed by atoms with Gasteiger partial charge in [0.05, 0.1) is 36.5 Å². The fraction of sp³-hybridized carbons (Fsp3) is 0.154. The van der Waals surface area contributed by atoms with E-state index in [1.54, 1.807) is 6.07 Å². The van der Waals surface area contributed by atoms with Crippen LogP contribution in [0.25, 0.3) is 22.2 Å². The second-order valence-corrected chi connectivity index (χ2v) is 10.5. The fourth-order valence-electron chi connectivity index (χ4n) is 4.29. The molecule has 3 heterocycles. The standard InChI is InChI=1S/C26H21ClFN5O5S/c1-37-23-11-18(16-10-19(27)26(38-2)31-13-16)20(28)12-22(23)33-21-5-4-17(9-15(21)3-6-25(33)34)39(35,36)32-24-14-29-7-8-30-24/h3-11,13-14,20H,12H2,1-2H3,(H,30,32)/t20-/m1/s1. The summed E-state index contributed by atoms with van der Waals surface area (Å²) in [5.74, 6) is 0.539. The van der Waals surface area contributed by atoms with Crippen LogP contribution < -0.4 is 15.0 Å². The minimum Gasteiger partial charge on any atom is -0.495 e. The summed E-state index contributed by atoms with van der Waals surface area (Å²) in [5.41, 5.74) is 0.953. The van der Waals surface area contributed by atoms with Crippen LogP contribution >= 0.6 is 11.6 Å². The number of fused-ring (bicyclic) bond motifs is 1. The lowest BCUT2D eigenvalue weighted by Gasteiger charge is -2.25. The van der Waals surface area contributed by atoms with Gasteiger partial charge in [-0.25, -0.2) is 22.8 Å². The summed E-state index contributed by atoms with van der Waals surface area (Å²) in [6.07, 6.45) is 5.31. The van der Waals surface area contributed by atoms with Gasteiger partial charge in [-0.3, -0.25) is 19.1 Å². The fourth-order valence-corrected chi connectivity index (χ4v) is 5.56. The third kappa shape index (κ3) is 5.08. The first-order valence-corrected chi connectivity index (χ1v) is 13.4. The molecule has 0 unspecified atom stereocenters. The largest absolute Gasteiger partial charge is 0.495 e. The predicted molar refractivity (Wildman–Crippen MR) is 145 cm³/mol. The third-order valence-corrected chi connectivity index (χ3v) is 7.71. The Hall–Kier alpha value is -4.29. The molecule has 1 aliphatic carbocycles. The number of halogens is 2. The summed E-state index contributed by atoms with van der Waals surface area (Å²) >= 11 is 6.19. The van der Waals surface area contributed by atoms with Gasteiger partial charge in [-0.1, -0.05) is 11.6 Å². The molecule has 200 valence electrons. The Bertz CT molecular complexity index is 1810. The zero-order valence-corrected chi connectivity index (χ0v) is 22.2. The minimum absolute atomic E-state index is 0.0510. The second kappa shape index (κ2) is 10.5. The Balaban J connectivity index is 1.59. The lowest BCUT2D eigenvalue weighted by molar-refractivity contribution is 0.299. The predicted octanol–water partition coefficient (Wildman–Crippen LogP) is 4.29. The Kier molecular flexibility index (Phi) is 7.06. The number of methoxy groups -OCH3 is 2. The number of pyridine rings is 2. The molecule has 5 rings (SSSR count). The average molecular weight is 570 g/mol. The molecule has 0 spiro atoms. The van der Waals surface area contributed by atoms with Crippen molar-refractivity contribution in [2.75, 3.05) is 18.9 Å². The number of aromatic nitrogens is 4. The smallest absolute Gasteiger partial charge is 0.263 e. The number of sulfonamides is 1. The van der Waals surface area contributed by atoms with E-state index < -0.39 is 21.8 Å². The Morgan fingerprint density at radius 3 is 2.59 bits per heavy atom. The van der Waals surface area contributed by atoms with Crippen molar-refractivity contribution in [1.82, 2.24) is 19.5 Å².